The number of piperidine rings is 1. The second-order valence-electron chi connectivity index (χ2n) is 7.43. The lowest BCUT2D eigenvalue weighted by Crippen LogP contribution is -2.46. The van der Waals surface area contributed by atoms with E-state index in [-0.39, 0.29) is 29.9 Å². The minimum absolute atomic E-state index is 0. The molecule has 0 saturated carbocycles. The SMILES string of the molecule is CCNC(=NCc1ccn(-c2ccc(OC)cc2)n1)N1CCC(CC(=O)NC)CC1.I. The molecule has 0 radical (unpaired) electrons. The number of likely N-dealkylation sites (tertiary alicyclic amines) is 1. The zero-order valence-corrected chi connectivity index (χ0v) is 20.8. The van der Waals surface area contributed by atoms with Crippen molar-refractivity contribution in [2.45, 2.75) is 32.7 Å². The molecule has 1 fully saturated rings. The van der Waals surface area contributed by atoms with Crippen LogP contribution in [0.5, 0.6) is 5.75 Å². The van der Waals surface area contributed by atoms with Crippen LogP contribution in [0.1, 0.15) is 31.9 Å². The molecular formula is C22H33IN6O2. The standard InChI is InChI=1S/C22H32N6O2.HI/c1-4-24-22(27-12-9-17(10-13-27)15-21(29)23-2)25-16-18-11-14-28(26-18)19-5-7-20(30-3)8-6-19;/h5-8,11,14,17H,4,9-10,12-13,15-16H2,1-3H3,(H,23,29)(H,24,25);1H. The quantitative estimate of drug-likeness (QED) is 0.321. The monoisotopic (exact) mass is 540 g/mol. The van der Waals surface area contributed by atoms with Crippen LogP contribution in [0.3, 0.4) is 0 Å². The third-order valence-corrected chi connectivity index (χ3v) is 5.37. The summed E-state index contributed by atoms with van der Waals surface area (Å²) in [6.45, 7) is 5.23. The van der Waals surface area contributed by atoms with E-state index >= 15 is 0 Å². The van der Waals surface area contributed by atoms with Gasteiger partial charge in [-0.2, -0.15) is 5.10 Å². The average molecular weight is 540 g/mol. The smallest absolute Gasteiger partial charge is 0.220 e. The van der Waals surface area contributed by atoms with Gasteiger partial charge in [-0.1, -0.05) is 0 Å². The van der Waals surface area contributed by atoms with E-state index in [2.05, 4.69) is 27.6 Å². The lowest BCUT2D eigenvalue weighted by atomic mass is 9.93. The Morgan fingerprint density at radius 3 is 2.55 bits per heavy atom. The Balaban J connectivity index is 0.00000341. The molecule has 31 heavy (non-hydrogen) atoms. The van der Waals surface area contributed by atoms with Crippen molar-refractivity contribution in [3.63, 3.8) is 0 Å². The first-order valence-electron chi connectivity index (χ1n) is 10.6. The number of guanidine groups is 1. The van der Waals surface area contributed by atoms with Gasteiger partial charge in [0, 0.05) is 39.3 Å². The van der Waals surface area contributed by atoms with Crippen molar-refractivity contribution in [2.75, 3.05) is 33.8 Å². The summed E-state index contributed by atoms with van der Waals surface area (Å²) in [6.07, 6.45) is 4.57. The number of hydrogen-bond donors (Lipinski definition) is 2. The number of nitrogens with zero attached hydrogens (tertiary/aromatic N) is 4. The number of amides is 1. The number of carbonyl (C=O) groups excluding carboxylic acids is 1. The summed E-state index contributed by atoms with van der Waals surface area (Å²) in [7, 11) is 3.36. The minimum Gasteiger partial charge on any atom is -0.497 e. The number of benzene rings is 1. The predicted molar refractivity (Wildman–Crippen MR) is 133 cm³/mol. The van der Waals surface area contributed by atoms with Crippen LogP contribution in [0.15, 0.2) is 41.5 Å². The average Bonchev–Trinajstić information content (AvgIpc) is 3.26. The highest BCUT2D eigenvalue weighted by atomic mass is 127. The Labute approximate surface area is 201 Å². The van der Waals surface area contributed by atoms with E-state index in [1.54, 1.807) is 14.2 Å². The van der Waals surface area contributed by atoms with Gasteiger partial charge in [-0.25, -0.2) is 9.67 Å². The Hall–Kier alpha value is -2.30. The number of ether oxygens (including phenoxy) is 1. The molecule has 0 bridgehead atoms. The molecule has 1 aliphatic heterocycles. The molecule has 1 aromatic heterocycles. The van der Waals surface area contributed by atoms with Crippen LogP contribution in [0.2, 0.25) is 0 Å². The molecule has 2 aromatic rings. The van der Waals surface area contributed by atoms with E-state index in [9.17, 15) is 4.79 Å². The highest BCUT2D eigenvalue weighted by Crippen LogP contribution is 2.20. The molecule has 2 heterocycles. The maximum atomic E-state index is 11.6. The first-order valence-corrected chi connectivity index (χ1v) is 10.6. The molecule has 8 nitrogen and oxygen atoms in total. The number of aromatic nitrogens is 2. The van der Waals surface area contributed by atoms with Crippen molar-refractivity contribution in [3.05, 3.63) is 42.2 Å². The number of rotatable bonds is 7. The van der Waals surface area contributed by atoms with Crippen molar-refractivity contribution in [2.24, 2.45) is 10.9 Å². The van der Waals surface area contributed by atoms with Crippen LogP contribution in [0.4, 0.5) is 0 Å². The van der Waals surface area contributed by atoms with Crippen molar-refractivity contribution >= 4 is 35.8 Å². The van der Waals surface area contributed by atoms with Gasteiger partial charge in [0.05, 0.1) is 25.0 Å². The fourth-order valence-corrected chi connectivity index (χ4v) is 3.62. The van der Waals surface area contributed by atoms with E-state index in [1.807, 2.05) is 41.2 Å². The summed E-state index contributed by atoms with van der Waals surface area (Å²) in [4.78, 5) is 18.7. The number of aliphatic imine (C=N–C) groups is 1. The van der Waals surface area contributed by atoms with Gasteiger partial charge < -0.3 is 20.3 Å². The van der Waals surface area contributed by atoms with Gasteiger partial charge in [-0.3, -0.25) is 4.79 Å². The topological polar surface area (TPSA) is 83.8 Å². The van der Waals surface area contributed by atoms with Crippen LogP contribution in [0.25, 0.3) is 5.69 Å². The molecule has 0 atom stereocenters. The minimum atomic E-state index is 0. The molecule has 170 valence electrons. The summed E-state index contributed by atoms with van der Waals surface area (Å²) in [5.41, 5.74) is 1.90. The molecular weight excluding hydrogens is 507 g/mol. The van der Waals surface area contributed by atoms with E-state index in [4.69, 9.17) is 9.73 Å². The summed E-state index contributed by atoms with van der Waals surface area (Å²) in [5, 5.41) is 10.8. The highest BCUT2D eigenvalue weighted by molar-refractivity contribution is 14.0. The van der Waals surface area contributed by atoms with Crippen LogP contribution in [-0.4, -0.2) is 60.3 Å². The molecule has 0 aliphatic carbocycles. The second-order valence-corrected chi connectivity index (χ2v) is 7.43. The molecule has 3 rings (SSSR count). The fourth-order valence-electron chi connectivity index (χ4n) is 3.62. The number of nitrogens with one attached hydrogen (secondary N) is 2. The van der Waals surface area contributed by atoms with E-state index in [1.165, 1.54) is 0 Å². The zero-order chi connectivity index (χ0) is 21.3. The van der Waals surface area contributed by atoms with Gasteiger partial charge in [0.15, 0.2) is 5.96 Å². The van der Waals surface area contributed by atoms with E-state index < -0.39 is 0 Å². The van der Waals surface area contributed by atoms with Gasteiger partial charge in [0.2, 0.25) is 5.91 Å². The zero-order valence-electron chi connectivity index (χ0n) is 18.5. The van der Waals surface area contributed by atoms with Crippen molar-refractivity contribution in [3.8, 4) is 11.4 Å². The van der Waals surface area contributed by atoms with Gasteiger partial charge in [-0.05, 0) is 56.0 Å². The van der Waals surface area contributed by atoms with Gasteiger partial charge in [0.1, 0.15) is 5.75 Å². The molecule has 0 unspecified atom stereocenters. The van der Waals surface area contributed by atoms with Crippen molar-refractivity contribution in [1.82, 2.24) is 25.3 Å². The molecule has 1 aliphatic rings. The van der Waals surface area contributed by atoms with E-state index in [0.29, 0.717) is 18.9 Å². The Morgan fingerprint density at radius 1 is 1.23 bits per heavy atom. The number of hydrogen-bond acceptors (Lipinski definition) is 4. The summed E-state index contributed by atoms with van der Waals surface area (Å²) >= 11 is 0. The molecule has 1 amide bonds. The molecule has 2 N–H and O–H groups in total. The maximum Gasteiger partial charge on any atom is 0.220 e. The third-order valence-electron chi connectivity index (χ3n) is 5.37. The Kier molecular flexibility index (Phi) is 10.1. The molecule has 1 aromatic carbocycles. The van der Waals surface area contributed by atoms with Crippen molar-refractivity contribution in [1.29, 1.82) is 0 Å². The summed E-state index contributed by atoms with van der Waals surface area (Å²) in [6, 6.07) is 9.79. The summed E-state index contributed by atoms with van der Waals surface area (Å²) in [5.74, 6) is 2.31. The maximum absolute atomic E-state index is 11.6. The van der Waals surface area contributed by atoms with E-state index in [0.717, 1.165) is 55.6 Å². The predicted octanol–water partition coefficient (Wildman–Crippen LogP) is 2.81. The molecule has 9 heteroatoms. The second kappa shape index (κ2) is 12.5. The number of carbonyl (C=O) groups is 1. The van der Waals surface area contributed by atoms with Crippen LogP contribution >= 0.6 is 24.0 Å². The Morgan fingerprint density at radius 2 is 1.94 bits per heavy atom. The normalized spacial score (nSPS) is 14.7. The van der Waals surface area contributed by atoms with Gasteiger partial charge >= 0.3 is 0 Å². The van der Waals surface area contributed by atoms with Crippen LogP contribution in [-0.2, 0) is 11.3 Å². The first kappa shape index (κ1) is 25.0. The lowest BCUT2D eigenvalue weighted by Gasteiger charge is -2.34. The lowest BCUT2D eigenvalue weighted by molar-refractivity contribution is -0.121. The largest absolute Gasteiger partial charge is 0.497 e. The first-order chi connectivity index (χ1) is 14.6. The summed E-state index contributed by atoms with van der Waals surface area (Å²) < 4.78 is 7.06. The van der Waals surface area contributed by atoms with Crippen LogP contribution < -0.4 is 15.4 Å². The molecule has 0 spiro atoms. The van der Waals surface area contributed by atoms with Gasteiger partial charge in [-0.15, -0.1) is 24.0 Å². The third kappa shape index (κ3) is 7.12. The molecule has 1 saturated heterocycles. The number of halogens is 1. The highest BCUT2D eigenvalue weighted by Gasteiger charge is 2.23. The van der Waals surface area contributed by atoms with Crippen LogP contribution in [0, 0.1) is 5.92 Å². The fraction of sp³-hybridized carbons (Fsp3) is 0.500. The van der Waals surface area contributed by atoms with Gasteiger partial charge in [0.25, 0.3) is 0 Å². The van der Waals surface area contributed by atoms with Crippen molar-refractivity contribution < 1.29 is 9.53 Å². The number of methoxy groups -OCH3 is 1. The Bertz CT molecular complexity index is 844.